The van der Waals surface area contributed by atoms with Crippen molar-refractivity contribution < 1.29 is 14.3 Å². The van der Waals surface area contributed by atoms with Crippen molar-refractivity contribution in [2.75, 3.05) is 6.61 Å². The molecule has 2 aromatic rings. The van der Waals surface area contributed by atoms with Gasteiger partial charge in [-0.05, 0) is 67.2 Å². The molecule has 0 saturated carbocycles. The third-order valence-electron chi connectivity index (χ3n) is 5.57. The second-order valence-electron chi connectivity index (χ2n) is 7.69. The van der Waals surface area contributed by atoms with Crippen LogP contribution in [-0.2, 0) is 28.8 Å². The Hall–Kier alpha value is -2.14. The van der Waals surface area contributed by atoms with Crippen molar-refractivity contribution in [1.29, 1.82) is 0 Å². The molecule has 4 rings (SSSR count). The number of thiophene rings is 1. The van der Waals surface area contributed by atoms with Gasteiger partial charge in [0.05, 0.1) is 6.04 Å². The van der Waals surface area contributed by atoms with E-state index in [0.29, 0.717) is 10.8 Å². The summed E-state index contributed by atoms with van der Waals surface area (Å²) < 4.78 is 5.28. The van der Waals surface area contributed by atoms with Crippen molar-refractivity contribution in [2.45, 2.75) is 51.5 Å². The number of esters is 1. The number of rotatable bonds is 4. The van der Waals surface area contributed by atoms with Crippen LogP contribution >= 0.6 is 11.3 Å². The van der Waals surface area contributed by atoms with Gasteiger partial charge in [-0.2, -0.15) is 0 Å². The molecule has 142 valence electrons. The van der Waals surface area contributed by atoms with E-state index in [1.165, 1.54) is 39.3 Å². The molecule has 1 amide bonds. The smallest absolute Gasteiger partial charge is 0.348 e. The van der Waals surface area contributed by atoms with Crippen LogP contribution in [0.1, 0.15) is 63.5 Å². The summed E-state index contributed by atoms with van der Waals surface area (Å²) in [7, 11) is 0. The SMILES string of the molecule is C[C@@H]1CCc2sc(C(=O)OCC(=O)N[C@@H]3CCCc4ccccc43)cc2C1. The number of aryl methyl sites for hydroxylation is 2. The average molecular weight is 384 g/mol. The summed E-state index contributed by atoms with van der Waals surface area (Å²) in [5.41, 5.74) is 3.75. The molecule has 2 aliphatic rings. The Labute approximate surface area is 163 Å². The average Bonchev–Trinajstić information content (AvgIpc) is 3.09. The number of hydrogen-bond donors (Lipinski definition) is 1. The molecule has 27 heavy (non-hydrogen) atoms. The fraction of sp³-hybridized carbons (Fsp3) is 0.455. The Morgan fingerprint density at radius 2 is 2.04 bits per heavy atom. The minimum atomic E-state index is -0.388. The van der Waals surface area contributed by atoms with E-state index in [4.69, 9.17) is 4.74 Å². The van der Waals surface area contributed by atoms with E-state index in [0.717, 1.165) is 32.1 Å². The predicted octanol–water partition coefficient (Wildman–Crippen LogP) is 4.22. The molecular formula is C22H25NO3S. The number of hydrogen-bond acceptors (Lipinski definition) is 4. The lowest BCUT2D eigenvalue weighted by Gasteiger charge is -2.26. The normalized spacial score (nSPS) is 21.1. The quantitative estimate of drug-likeness (QED) is 0.804. The Kier molecular flexibility index (Phi) is 5.30. The lowest BCUT2D eigenvalue weighted by molar-refractivity contribution is -0.125. The van der Waals surface area contributed by atoms with Gasteiger partial charge in [0.2, 0.25) is 0 Å². The van der Waals surface area contributed by atoms with Gasteiger partial charge in [-0.3, -0.25) is 4.79 Å². The zero-order valence-electron chi connectivity index (χ0n) is 15.6. The summed E-state index contributed by atoms with van der Waals surface area (Å²) in [6.45, 7) is 2.02. The Bertz CT molecular complexity index is 857. The van der Waals surface area contributed by atoms with E-state index in [2.05, 4.69) is 24.4 Å². The van der Waals surface area contributed by atoms with Gasteiger partial charge in [-0.15, -0.1) is 11.3 Å². The summed E-state index contributed by atoms with van der Waals surface area (Å²) >= 11 is 1.52. The van der Waals surface area contributed by atoms with Crippen LogP contribution < -0.4 is 5.32 Å². The van der Waals surface area contributed by atoms with Gasteiger partial charge in [0, 0.05) is 4.88 Å². The maximum atomic E-state index is 12.3. The number of fused-ring (bicyclic) bond motifs is 2. The number of carbonyl (C=O) groups excluding carboxylic acids is 2. The molecule has 0 radical (unpaired) electrons. The maximum Gasteiger partial charge on any atom is 0.348 e. The van der Waals surface area contributed by atoms with Crippen LogP contribution in [0.4, 0.5) is 0 Å². The molecule has 0 spiro atoms. The van der Waals surface area contributed by atoms with Crippen LogP contribution in [0.25, 0.3) is 0 Å². The summed E-state index contributed by atoms with van der Waals surface area (Å²) in [5.74, 6) is 0.0429. The van der Waals surface area contributed by atoms with Crippen LogP contribution in [0.2, 0.25) is 0 Å². The molecule has 4 nitrogen and oxygen atoms in total. The number of carbonyl (C=O) groups is 2. The topological polar surface area (TPSA) is 55.4 Å². The van der Waals surface area contributed by atoms with Crippen molar-refractivity contribution in [1.82, 2.24) is 5.32 Å². The molecule has 0 unspecified atom stereocenters. The van der Waals surface area contributed by atoms with Gasteiger partial charge >= 0.3 is 5.97 Å². The third kappa shape index (κ3) is 4.08. The zero-order chi connectivity index (χ0) is 18.8. The molecule has 0 fully saturated rings. The Morgan fingerprint density at radius 3 is 2.93 bits per heavy atom. The van der Waals surface area contributed by atoms with Crippen molar-refractivity contribution in [2.24, 2.45) is 5.92 Å². The lowest BCUT2D eigenvalue weighted by atomic mass is 9.88. The fourth-order valence-corrected chi connectivity index (χ4v) is 5.25. The van der Waals surface area contributed by atoms with Crippen molar-refractivity contribution in [3.8, 4) is 0 Å². The monoisotopic (exact) mass is 383 g/mol. The number of benzene rings is 1. The van der Waals surface area contributed by atoms with Crippen LogP contribution in [0, 0.1) is 5.92 Å². The molecule has 0 bridgehead atoms. The number of nitrogens with one attached hydrogen (secondary N) is 1. The highest BCUT2D eigenvalue weighted by atomic mass is 32.1. The highest BCUT2D eigenvalue weighted by Crippen LogP contribution is 2.32. The first-order valence-corrected chi connectivity index (χ1v) is 10.6. The maximum absolute atomic E-state index is 12.3. The number of ether oxygens (including phenoxy) is 1. The van der Waals surface area contributed by atoms with E-state index in [1.807, 2.05) is 18.2 Å². The first-order valence-electron chi connectivity index (χ1n) is 9.76. The summed E-state index contributed by atoms with van der Waals surface area (Å²) in [6, 6.07) is 10.2. The standard InChI is InChI=1S/C22H25NO3S/c1-14-9-10-19-16(11-14)12-20(27-19)22(25)26-13-21(24)23-18-8-4-6-15-5-2-3-7-17(15)18/h2-3,5,7,12,14,18H,4,6,8-11,13H2,1H3,(H,23,24)/t14-,18-/m1/s1. The van der Waals surface area contributed by atoms with E-state index >= 15 is 0 Å². The molecular weight excluding hydrogens is 358 g/mol. The van der Waals surface area contributed by atoms with Gasteiger partial charge in [0.1, 0.15) is 4.88 Å². The zero-order valence-corrected chi connectivity index (χ0v) is 16.4. The molecule has 2 aliphatic carbocycles. The molecule has 1 aromatic heterocycles. The Morgan fingerprint density at radius 1 is 1.19 bits per heavy atom. The van der Waals surface area contributed by atoms with Gasteiger partial charge in [-0.25, -0.2) is 4.79 Å². The molecule has 1 heterocycles. The van der Waals surface area contributed by atoms with Crippen LogP contribution in [0.3, 0.4) is 0 Å². The Balaban J connectivity index is 1.33. The van der Waals surface area contributed by atoms with Crippen molar-refractivity contribution in [3.63, 3.8) is 0 Å². The van der Waals surface area contributed by atoms with Crippen LogP contribution in [0.15, 0.2) is 30.3 Å². The van der Waals surface area contributed by atoms with E-state index in [9.17, 15) is 9.59 Å². The number of amides is 1. The molecule has 0 aliphatic heterocycles. The van der Waals surface area contributed by atoms with E-state index < -0.39 is 0 Å². The fourth-order valence-electron chi connectivity index (χ4n) is 4.15. The summed E-state index contributed by atoms with van der Waals surface area (Å²) in [5, 5.41) is 3.02. The van der Waals surface area contributed by atoms with Crippen LogP contribution in [0.5, 0.6) is 0 Å². The highest BCUT2D eigenvalue weighted by Gasteiger charge is 2.24. The molecule has 0 saturated heterocycles. The van der Waals surface area contributed by atoms with Gasteiger partial charge in [-0.1, -0.05) is 31.2 Å². The van der Waals surface area contributed by atoms with E-state index in [-0.39, 0.29) is 24.5 Å². The second-order valence-corrected chi connectivity index (χ2v) is 8.83. The summed E-state index contributed by atoms with van der Waals surface area (Å²) in [4.78, 5) is 26.6. The second kappa shape index (κ2) is 7.85. The molecule has 1 N–H and O–H groups in total. The molecule has 2 atom stereocenters. The largest absolute Gasteiger partial charge is 0.451 e. The van der Waals surface area contributed by atoms with Gasteiger partial charge < -0.3 is 10.1 Å². The minimum Gasteiger partial charge on any atom is -0.451 e. The third-order valence-corrected chi connectivity index (χ3v) is 6.79. The van der Waals surface area contributed by atoms with E-state index in [1.54, 1.807) is 0 Å². The van der Waals surface area contributed by atoms with Crippen LogP contribution in [-0.4, -0.2) is 18.5 Å². The first kappa shape index (κ1) is 18.2. The summed E-state index contributed by atoms with van der Waals surface area (Å²) in [6.07, 6.45) is 6.27. The van der Waals surface area contributed by atoms with Crippen molar-refractivity contribution in [3.05, 3.63) is 56.8 Å². The van der Waals surface area contributed by atoms with Crippen molar-refractivity contribution >= 4 is 23.2 Å². The molecule has 5 heteroatoms. The molecule has 1 aromatic carbocycles. The lowest BCUT2D eigenvalue weighted by Crippen LogP contribution is -2.34. The van der Waals surface area contributed by atoms with Gasteiger partial charge in [0.25, 0.3) is 5.91 Å². The first-order chi connectivity index (χ1) is 13.1. The predicted molar refractivity (Wildman–Crippen MR) is 106 cm³/mol. The van der Waals surface area contributed by atoms with Gasteiger partial charge in [0.15, 0.2) is 6.61 Å². The minimum absolute atomic E-state index is 0.0108. The highest BCUT2D eigenvalue weighted by molar-refractivity contribution is 7.14.